The molecule has 0 saturated heterocycles. The number of benzene rings is 2. The molecule has 0 bridgehead atoms. The van der Waals surface area contributed by atoms with Crippen LogP contribution in [0, 0.1) is 23.1 Å². The van der Waals surface area contributed by atoms with E-state index in [-0.39, 0.29) is 5.82 Å². The van der Waals surface area contributed by atoms with E-state index in [4.69, 9.17) is 5.26 Å². The second kappa shape index (κ2) is 6.07. The molecule has 1 saturated carbocycles. The molecule has 2 aromatic rings. The van der Waals surface area contributed by atoms with Crippen LogP contribution in [0.4, 0.5) is 4.39 Å². The highest BCUT2D eigenvalue weighted by molar-refractivity contribution is 5.33. The van der Waals surface area contributed by atoms with Crippen LogP contribution in [0.3, 0.4) is 0 Å². The lowest BCUT2D eigenvalue weighted by Crippen LogP contribution is -2.19. The normalized spacial score (nSPS) is 20.0. The monoisotopic (exact) mass is 280 g/mol. The second-order valence-electron chi connectivity index (χ2n) is 5.59. The highest BCUT2D eigenvalue weighted by Gasteiger charge is 2.36. The molecule has 2 unspecified atom stereocenters. The molecule has 1 aliphatic carbocycles. The molecule has 21 heavy (non-hydrogen) atoms. The minimum absolute atomic E-state index is 0.304. The Morgan fingerprint density at radius 3 is 2.71 bits per heavy atom. The van der Waals surface area contributed by atoms with Gasteiger partial charge in [-0.3, -0.25) is 0 Å². The van der Waals surface area contributed by atoms with Gasteiger partial charge >= 0.3 is 0 Å². The molecule has 0 radical (unpaired) electrons. The van der Waals surface area contributed by atoms with Crippen LogP contribution in [0.1, 0.15) is 23.1 Å². The molecular formula is C18H17FN2. The average molecular weight is 280 g/mol. The molecule has 0 aliphatic heterocycles. The third-order valence-corrected chi connectivity index (χ3v) is 4.00. The molecule has 2 atom stereocenters. The number of nitrogens with zero attached hydrogens (tertiary/aromatic N) is 1. The van der Waals surface area contributed by atoms with E-state index in [0.717, 1.165) is 12.8 Å². The van der Waals surface area contributed by atoms with Gasteiger partial charge in [0.1, 0.15) is 5.82 Å². The van der Waals surface area contributed by atoms with Crippen LogP contribution in [0.15, 0.2) is 48.5 Å². The van der Waals surface area contributed by atoms with Crippen LogP contribution < -0.4 is 5.32 Å². The Balaban J connectivity index is 1.50. The standard InChI is InChI=1S/C18H17FN2/c19-17-9-14(11-20)6-7-15(17)12-21-18-10-16(18)8-13-4-2-1-3-5-13/h1-7,9,16,18,21H,8,10,12H2. The molecule has 0 amide bonds. The number of rotatable bonds is 5. The van der Waals surface area contributed by atoms with E-state index < -0.39 is 0 Å². The fourth-order valence-corrected chi connectivity index (χ4v) is 2.64. The molecule has 0 spiro atoms. The smallest absolute Gasteiger partial charge is 0.129 e. The fourth-order valence-electron chi connectivity index (χ4n) is 2.64. The van der Waals surface area contributed by atoms with Crippen LogP contribution >= 0.6 is 0 Å². The van der Waals surface area contributed by atoms with E-state index in [9.17, 15) is 4.39 Å². The quantitative estimate of drug-likeness (QED) is 0.911. The van der Waals surface area contributed by atoms with Gasteiger partial charge in [-0.25, -0.2) is 4.39 Å². The predicted octanol–water partition coefficient (Wildman–Crippen LogP) is 3.42. The van der Waals surface area contributed by atoms with Crippen LogP contribution in [0.25, 0.3) is 0 Å². The van der Waals surface area contributed by atoms with Crippen molar-refractivity contribution in [3.8, 4) is 6.07 Å². The number of hydrogen-bond donors (Lipinski definition) is 1. The van der Waals surface area contributed by atoms with Gasteiger partial charge in [0.15, 0.2) is 0 Å². The van der Waals surface area contributed by atoms with Gasteiger partial charge in [0.25, 0.3) is 0 Å². The first-order chi connectivity index (χ1) is 10.3. The Morgan fingerprint density at radius 2 is 2.00 bits per heavy atom. The lowest BCUT2D eigenvalue weighted by molar-refractivity contribution is 0.574. The van der Waals surface area contributed by atoms with Gasteiger partial charge in [-0.2, -0.15) is 5.26 Å². The minimum Gasteiger partial charge on any atom is -0.310 e. The maximum atomic E-state index is 13.8. The largest absolute Gasteiger partial charge is 0.310 e. The van der Waals surface area contributed by atoms with Gasteiger partial charge in [0.2, 0.25) is 0 Å². The summed E-state index contributed by atoms with van der Waals surface area (Å²) in [6.45, 7) is 0.521. The summed E-state index contributed by atoms with van der Waals surface area (Å²) in [5.41, 5.74) is 2.35. The van der Waals surface area contributed by atoms with E-state index >= 15 is 0 Å². The molecular weight excluding hydrogens is 263 g/mol. The van der Waals surface area contributed by atoms with Gasteiger partial charge in [0, 0.05) is 18.2 Å². The lowest BCUT2D eigenvalue weighted by Gasteiger charge is -2.06. The van der Waals surface area contributed by atoms with Crippen molar-refractivity contribution in [3.05, 3.63) is 71.0 Å². The molecule has 1 N–H and O–H groups in total. The number of hydrogen-bond acceptors (Lipinski definition) is 2. The molecule has 0 aromatic heterocycles. The van der Waals surface area contributed by atoms with Crippen LogP contribution in [0.5, 0.6) is 0 Å². The first kappa shape index (κ1) is 13.8. The van der Waals surface area contributed by atoms with E-state index in [0.29, 0.717) is 29.6 Å². The van der Waals surface area contributed by atoms with Crippen LogP contribution in [-0.2, 0) is 13.0 Å². The number of nitrogens with one attached hydrogen (secondary N) is 1. The van der Waals surface area contributed by atoms with Crippen molar-refractivity contribution < 1.29 is 4.39 Å². The number of nitriles is 1. The Kier molecular flexibility index (Phi) is 3.98. The molecule has 1 aliphatic rings. The van der Waals surface area contributed by atoms with Gasteiger partial charge in [-0.05, 0) is 36.5 Å². The fraction of sp³-hybridized carbons (Fsp3) is 0.278. The molecule has 0 heterocycles. The summed E-state index contributed by atoms with van der Waals surface area (Å²) >= 11 is 0. The summed E-state index contributed by atoms with van der Waals surface area (Å²) in [6, 6.07) is 17.5. The first-order valence-corrected chi connectivity index (χ1v) is 7.22. The van der Waals surface area contributed by atoms with E-state index in [1.807, 2.05) is 12.1 Å². The van der Waals surface area contributed by atoms with Gasteiger partial charge in [-0.15, -0.1) is 0 Å². The average Bonchev–Trinajstić information content (AvgIpc) is 3.25. The molecule has 3 rings (SSSR count). The summed E-state index contributed by atoms with van der Waals surface area (Å²) in [5.74, 6) is 0.343. The van der Waals surface area contributed by atoms with Crippen molar-refractivity contribution in [1.82, 2.24) is 5.32 Å². The van der Waals surface area contributed by atoms with Crippen molar-refractivity contribution in [2.75, 3.05) is 0 Å². The summed E-state index contributed by atoms with van der Waals surface area (Å²) in [5, 5.41) is 12.1. The lowest BCUT2D eigenvalue weighted by atomic mass is 10.1. The Labute approximate surface area is 124 Å². The summed E-state index contributed by atoms with van der Waals surface area (Å²) in [6.07, 6.45) is 2.22. The molecule has 106 valence electrons. The zero-order valence-corrected chi connectivity index (χ0v) is 11.7. The predicted molar refractivity (Wildman–Crippen MR) is 80.0 cm³/mol. The maximum Gasteiger partial charge on any atom is 0.129 e. The highest BCUT2D eigenvalue weighted by Crippen LogP contribution is 2.34. The second-order valence-corrected chi connectivity index (χ2v) is 5.59. The van der Waals surface area contributed by atoms with Crippen molar-refractivity contribution >= 4 is 0 Å². The Hall–Kier alpha value is -2.18. The zero-order valence-electron chi connectivity index (χ0n) is 11.7. The van der Waals surface area contributed by atoms with E-state index in [2.05, 4.69) is 29.6 Å². The third-order valence-electron chi connectivity index (χ3n) is 4.00. The topological polar surface area (TPSA) is 35.8 Å². The third kappa shape index (κ3) is 3.48. The van der Waals surface area contributed by atoms with Crippen molar-refractivity contribution in [1.29, 1.82) is 5.26 Å². The SMILES string of the molecule is N#Cc1ccc(CNC2CC2Cc2ccccc2)c(F)c1. The number of halogens is 1. The Bertz CT molecular complexity index is 661. The molecule has 3 heteroatoms. The van der Waals surface area contributed by atoms with Gasteiger partial charge in [-0.1, -0.05) is 36.4 Å². The van der Waals surface area contributed by atoms with Gasteiger partial charge in [0.05, 0.1) is 11.6 Å². The van der Waals surface area contributed by atoms with Crippen molar-refractivity contribution in [2.24, 2.45) is 5.92 Å². The molecule has 1 fully saturated rings. The Morgan fingerprint density at radius 1 is 1.19 bits per heavy atom. The minimum atomic E-state index is -0.304. The zero-order chi connectivity index (χ0) is 14.7. The highest BCUT2D eigenvalue weighted by atomic mass is 19.1. The summed E-state index contributed by atoms with van der Waals surface area (Å²) < 4.78 is 13.8. The first-order valence-electron chi connectivity index (χ1n) is 7.22. The van der Waals surface area contributed by atoms with Crippen LogP contribution in [0.2, 0.25) is 0 Å². The molecule has 2 nitrogen and oxygen atoms in total. The van der Waals surface area contributed by atoms with Crippen LogP contribution in [-0.4, -0.2) is 6.04 Å². The summed E-state index contributed by atoms with van der Waals surface area (Å²) in [4.78, 5) is 0. The maximum absolute atomic E-state index is 13.8. The van der Waals surface area contributed by atoms with E-state index in [1.165, 1.54) is 11.6 Å². The van der Waals surface area contributed by atoms with Gasteiger partial charge < -0.3 is 5.32 Å². The summed E-state index contributed by atoms with van der Waals surface area (Å²) in [7, 11) is 0. The van der Waals surface area contributed by atoms with Crippen molar-refractivity contribution in [2.45, 2.75) is 25.4 Å². The molecule has 2 aromatic carbocycles. The van der Waals surface area contributed by atoms with E-state index in [1.54, 1.807) is 12.1 Å². The van der Waals surface area contributed by atoms with Crippen molar-refractivity contribution in [3.63, 3.8) is 0 Å².